The van der Waals surface area contributed by atoms with E-state index in [4.69, 9.17) is 4.74 Å². The first-order chi connectivity index (χ1) is 14.1. The van der Waals surface area contributed by atoms with Gasteiger partial charge in [-0.2, -0.15) is 0 Å². The summed E-state index contributed by atoms with van der Waals surface area (Å²) in [6, 6.07) is 13.9. The summed E-state index contributed by atoms with van der Waals surface area (Å²) in [4.78, 5) is 29.0. The molecule has 2 aromatic rings. The highest BCUT2D eigenvalue weighted by atomic mass is 19.1. The van der Waals surface area contributed by atoms with Crippen LogP contribution in [0.1, 0.15) is 18.4 Å². The molecule has 1 saturated heterocycles. The number of carbonyl (C=O) groups excluding carboxylic acids is 2. The zero-order valence-electron chi connectivity index (χ0n) is 16.1. The molecule has 2 heterocycles. The van der Waals surface area contributed by atoms with Gasteiger partial charge < -0.3 is 14.5 Å². The van der Waals surface area contributed by atoms with Gasteiger partial charge in [-0.05, 0) is 36.6 Å². The molecule has 0 aliphatic carbocycles. The number of hydrogen-bond acceptors (Lipinski definition) is 3. The van der Waals surface area contributed by atoms with Crippen LogP contribution in [0.25, 0.3) is 6.08 Å². The van der Waals surface area contributed by atoms with Crippen LogP contribution in [-0.2, 0) is 9.59 Å². The van der Waals surface area contributed by atoms with Crippen molar-refractivity contribution in [2.24, 2.45) is 5.92 Å². The second-order valence-electron chi connectivity index (χ2n) is 7.29. The zero-order valence-corrected chi connectivity index (χ0v) is 16.1. The minimum absolute atomic E-state index is 0.0214. The molecular formula is C23H23FN2O3. The van der Waals surface area contributed by atoms with E-state index in [1.165, 1.54) is 12.1 Å². The van der Waals surface area contributed by atoms with Crippen LogP contribution in [0.2, 0.25) is 0 Å². The van der Waals surface area contributed by atoms with E-state index >= 15 is 0 Å². The Balaban J connectivity index is 1.36. The lowest BCUT2D eigenvalue weighted by molar-refractivity contribution is -0.131. The number of rotatable bonds is 3. The van der Waals surface area contributed by atoms with Crippen molar-refractivity contribution in [1.82, 2.24) is 4.90 Å². The van der Waals surface area contributed by atoms with Crippen LogP contribution in [0.15, 0.2) is 54.6 Å². The number of hydrogen-bond donors (Lipinski definition) is 0. The number of ether oxygens (including phenoxy) is 1. The van der Waals surface area contributed by atoms with E-state index < -0.39 is 0 Å². The highest BCUT2D eigenvalue weighted by Gasteiger charge is 2.32. The minimum Gasteiger partial charge on any atom is -0.489 e. The van der Waals surface area contributed by atoms with Crippen LogP contribution in [0.4, 0.5) is 10.1 Å². The first-order valence-electron chi connectivity index (χ1n) is 9.87. The van der Waals surface area contributed by atoms with Crippen molar-refractivity contribution in [3.05, 3.63) is 66.0 Å². The Morgan fingerprint density at radius 3 is 2.55 bits per heavy atom. The molecule has 2 aliphatic rings. The standard InChI is InChI=1S/C23H23FN2O3/c24-19-7-8-20-21(16-19)29-15-14-26(20)23(28)18-10-12-25(13-11-18)22(27)9-6-17-4-2-1-3-5-17/h1-9,16,18H,10-15H2/b9-6+. The van der Waals surface area contributed by atoms with E-state index in [2.05, 4.69) is 0 Å². The van der Waals surface area contributed by atoms with E-state index in [1.54, 1.807) is 21.9 Å². The number of likely N-dealkylation sites (tertiary alicyclic amines) is 1. The molecule has 0 radical (unpaired) electrons. The van der Waals surface area contributed by atoms with Crippen molar-refractivity contribution in [2.75, 3.05) is 31.1 Å². The first kappa shape index (κ1) is 19.2. The SMILES string of the molecule is O=C(/C=C/c1ccccc1)N1CCC(C(=O)N2CCOc3cc(F)ccc32)CC1. The van der Waals surface area contributed by atoms with Crippen molar-refractivity contribution in [3.8, 4) is 5.75 Å². The number of halogens is 1. The van der Waals surface area contributed by atoms with Crippen molar-refractivity contribution < 1.29 is 18.7 Å². The van der Waals surface area contributed by atoms with Crippen molar-refractivity contribution >= 4 is 23.6 Å². The average Bonchev–Trinajstić information content (AvgIpc) is 2.77. The van der Waals surface area contributed by atoms with Gasteiger partial charge in [0.15, 0.2) is 0 Å². The minimum atomic E-state index is -0.381. The monoisotopic (exact) mass is 394 g/mol. The first-order valence-corrected chi connectivity index (χ1v) is 9.87. The van der Waals surface area contributed by atoms with E-state index in [0.717, 1.165) is 5.56 Å². The van der Waals surface area contributed by atoms with Gasteiger partial charge in [-0.15, -0.1) is 0 Å². The highest BCUT2D eigenvalue weighted by Crippen LogP contribution is 2.34. The van der Waals surface area contributed by atoms with E-state index in [1.807, 2.05) is 36.4 Å². The average molecular weight is 394 g/mol. The molecule has 2 amide bonds. The Labute approximate surface area is 169 Å². The zero-order chi connectivity index (χ0) is 20.2. The summed E-state index contributed by atoms with van der Waals surface area (Å²) in [6.45, 7) is 1.91. The van der Waals surface area contributed by atoms with Gasteiger partial charge in [0.25, 0.3) is 0 Å². The quantitative estimate of drug-likeness (QED) is 0.749. The summed E-state index contributed by atoms with van der Waals surface area (Å²) in [7, 11) is 0. The van der Waals surface area contributed by atoms with Crippen molar-refractivity contribution in [1.29, 1.82) is 0 Å². The molecule has 6 heteroatoms. The van der Waals surface area contributed by atoms with E-state index in [-0.39, 0.29) is 23.5 Å². The molecule has 0 unspecified atom stereocenters. The summed E-state index contributed by atoms with van der Waals surface area (Å²) in [5.74, 6) is -0.134. The molecule has 0 spiro atoms. The summed E-state index contributed by atoms with van der Waals surface area (Å²) < 4.78 is 18.9. The van der Waals surface area contributed by atoms with Crippen LogP contribution < -0.4 is 9.64 Å². The van der Waals surface area contributed by atoms with Gasteiger partial charge in [-0.3, -0.25) is 9.59 Å². The number of benzene rings is 2. The predicted molar refractivity (Wildman–Crippen MR) is 109 cm³/mol. The van der Waals surface area contributed by atoms with Crippen LogP contribution in [0.3, 0.4) is 0 Å². The smallest absolute Gasteiger partial charge is 0.246 e. The van der Waals surface area contributed by atoms with Crippen LogP contribution >= 0.6 is 0 Å². The molecular weight excluding hydrogens is 371 g/mol. The third kappa shape index (κ3) is 4.31. The van der Waals surface area contributed by atoms with E-state index in [9.17, 15) is 14.0 Å². The largest absolute Gasteiger partial charge is 0.489 e. The molecule has 5 nitrogen and oxygen atoms in total. The molecule has 0 saturated carbocycles. The molecule has 2 aromatic carbocycles. The normalized spacial score (nSPS) is 17.1. The summed E-state index contributed by atoms with van der Waals surface area (Å²) >= 11 is 0. The molecule has 150 valence electrons. The fourth-order valence-electron chi connectivity index (χ4n) is 3.83. The fraction of sp³-hybridized carbons (Fsp3) is 0.304. The van der Waals surface area contributed by atoms with Crippen molar-refractivity contribution in [3.63, 3.8) is 0 Å². The molecule has 1 fully saturated rings. The fourth-order valence-corrected chi connectivity index (χ4v) is 3.83. The van der Waals surface area contributed by atoms with Gasteiger partial charge in [0.1, 0.15) is 18.2 Å². The Morgan fingerprint density at radius 2 is 1.79 bits per heavy atom. The number of carbonyl (C=O) groups is 2. The summed E-state index contributed by atoms with van der Waals surface area (Å²) in [5.41, 5.74) is 1.60. The maximum Gasteiger partial charge on any atom is 0.246 e. The molecule has 0 aromatic heterocycles. The summed E-state index contributed by atoms with van der Waals surface area (Å²) in [5, 5.41) is 0. The number of anilines is 1. The maximum absolute atomic E-state index is 13.4. The Kier molecular flexibility index (Phi) is 5.60. The van der Waals surface area contributed by atoms with E-state index in [0.29, 0.717) is 50.5 Å². The molecule has 0 bridgehead atoms. The topological polar surface area (TPSA) is 49.9 Å². The number of amides is 2. The Morgan fingerprint density at radius 1 is 1.03 bits per heavy atom. The van der Waals surface area contributed by atoms with Gasteiger partial charge in [-0.1, -0.05) is 30.3 Å². The Hall–Kier alpha value is -3.15. The number of fused-ring (bicyclic) bond motifs is 1. The van der Waals surface area contributed by atoms with Crippen LogP contribution in [-0.4, -0.2) is 43.0 Å². The highest BCUT2D eigenvalue weighted by molar-refractivity contribution is 5.97. The van der Waals surface area contributed by atoms with Crippen LogP contribution in [0.5, 0.6) is 5.75 Å². The predicted octanol–water partition coefficient (Wildman–Crippen LogP) is 3.50. The van der Waals surface area contributed by atoms with Gasteiger partial charge in [0.05, 0.1) is 12.2 Å². The number of nitrogens with zero attached hydrogens (tertiary/aromatic N) is 2. The molecule has 0 N–H and O–H groups in total. The lowest BCUT2D eigenvalue weighted by atomic mass is 9.94. The second kappa shape index (κ2) is 8.47. The molecule has 0 atom stereocenters. The molecule has 4 rings (SSSR count). The third-order valence-electron chi connectivity index (χ3n) is 5.42. The number of piperidine rings is 1. The third-order valence-corrected chi connectivity index (χ3v) is 5.42. The van der Waals surface area contributed by atoms with Gasteiger partial charge >= 0.3 is 0 Å². The molecule has 2 aliphatic heterocycles. The lowest BCUT2D eigenvalue weighted by Gasteiger charge is -2.36. The lowest BCUT2D eigenvalue weighted by Crippen LogP contribution is -2.46. The molecule has 29 heavy (non-hydrogen) atoms. The van der Waals surface area contributed by atoms with Gasteiger partial charge in [-0.25, -0.2) is 4.39 Å². The van der Waals surface area contributed by atoms with Gasteiger partial charge in [0.2, 0.25) is 11.8 Å². The Bertz CT molecular complexity index is 921. The summed E-state index contributed by atoms with van der Waals surface area (Å²) in [6.07, 6.45) is 4.64. The van der Waals surface area contributed by atoms with Crippen molar-refractivity contribution in [2.45, 2.75) is 12.8 Å². The maximum atomic E-state index is 13.4. The second-order valence-corrected chi connectivity index (χ2v) is 7.29. The van der Waals surface area contributed by atoms with Gasteiger partial charge in [0, 0.05) is 31.1 Å². The van der Waals surface area contributed by atoms with Crippen LogP contribution in [0, 0.1) is 11.7 Å².